The molecule has 1 aliphatic heterocycles. The first-order valence-corrected chi connectivity index (χ1v) is 5.10. The van der Waals surface area contributed by atoms with Gasteiger partial charge in [0.15, 0.2) is 0 Å². The number of ether oxygens (including phenoxy) is 1. The average Bonchev–Trinajstić information content (AvgIpc) is 2.16. The summed E-state index contributed by atoms with van der Waals surface area (Å²) in [4.78, 5) is 0. The van der Waals surface area contributed by atoms with Crippen molar-refractivity contribution in [3.63, 3.8) is 0 Å². The average molecular weight is 193 g/mol. The van der Waals surface area contributed by atoms with Crippen molar-refractivity contribution >= 4 is 8.18 Å². The van der Waals surface area contributed by atoms with Crippen LogP contribution in [0.15, 0.2) is 0 Å². The molecule has 0 aliphatic carbocycles. The molecule has 0 bridgehead atoms. The van der Waals surface area contributed by atoms with Crippen molar-refractivity contribution in [3.8, 4) is 0 Å². The molecule has 70 valence electrons. The normalized spacial score (nSPS) is 25.4. The maximum atomic E-state index is 10.8. The molecule has 0 amide bonds. The van der Waals surface area contributed by atoms with Gasteiger partial charge in [0, 0.05) is 20.1 Å². The number of rotatable bonds is 4. The van der Waals surface area contributed by atoms with Gasteiger partial charge in [0.2, 0.25) is 0 Å². The van der Waals surface area contributed by atoms with E-state index in [0.29, 0.717) is 13.2 Å². The molecule has 1 rings (SSSR count). The number of morpholine rings is 1. The van der Waals surface area contributed by atoms with E-state index < -0.39 is 8.18 Å². The lowest BCUT2D eigenvalue weighted by atomic mass is 10.3. The number of hydrogen-bond donors (Lipinski definition) is 2. The molecule has 1 aliphatic rings. The van der Waals surface area contributed by atoms with E-state index >= 15 is 0 Å². The SMILES string of the molecule is CN[P+](=O)OC[C@@H]1CNCCO1. The molecule has 1 heterocycles. The van der Waals surface area contributed by atoms with E-state index in [1.807, 2.05) is 0 Å². The maximum absolute atomic E-state index is 10.8. The molecule has 2 N–H and O–H groups in total. The van der Waals surface area contributed by atoms with Gasteiger partial charge in [-0.3, -0.25) is 0 Å². The van der Waals surface area contributed by atoms with Gasteiger partial charge >= 0.3 is 8.18 Å². The quantitative estimate of drug-likeness (QED) is 0.609. The highest BCUT2D eigenvalue weighted by atomic mass is 31.1. The van der Waals surface area contributed by atoms with Crippen LogP contribution in [0.2, 0.25) is 0 Å². The third-order valence-electron chi connectivity index (χ3n) is 1.56. The van der Waals surface area contributed by atoms with Crippen molar-refractivity contribution in [2.45, 2.75) is 6.10 Å². The summed E-state index contributed by atoms with van der Waals surface area (Å²) in [6.45, 7) is 2.73. The van der Waals surface area contributed by atoms with E-state index in [1.165, 1.54) is 0 Å². The number of hydrogen-bond acceptors (Lipinski definition) is 4. The lowest BCUT2D eigenvalue weighted by Crippen LogP contribution is -2.40. The van der Waals surface area contributed by atoms with Crippen molar-refractivity contribution in [2.24, 2.45) is 0 Å². The molecule has 0 aromatic heterocycles. The van der Waals surface area contributed by atoms with Gasteiger partial charge in [-0.15, -0.1) is 4.52 Å². The van der Waals surface area contributed by atoms with Crippen LogP contribution in [-0.2, 0) is 13.8 Å². The highest BCUT2D eigenvalue weighted by molar-refractivity contribution is 7.36. The standard InChI is InChI=1S/C6H14N2O3P/c1-7-12(9)11-5-6-4-8-2-3-10-6/h6,8H,2-5H2,1H3,(H,7,9)/q+1/t6-/m0/s1. The number of nitrogens with one attached hydrogen (secondary N) is 2. The Balaban J connectivity index is 2.09. The van der Waals surface area contributed by atoms with Gasteiger partial charge in [0.25, 0.3) is 0 Å². The van der Waals surface area contributed by atoms with Crippen LogP contribution in [0.3, 0.4) is 0 Å². The summed E-state index contributed by atoms with van der Waals surface area (Å²) in [5.41, 5.74) is 0. The second-order valence-corrected chi connectivity index (χ2v) is 3.69. The molecule has 0 aromatic rings. The summed E-state index contributed by atoms with van der Waals surface area (Å²) in [7, 11) is -0.115. The molecule has 1 unspecified atom stereocenters. The smallest absolute Gasteiger partial charge is 0.373 e. The highest BCUT2D eigenvalue weighted by Crippen LogP contribution is 2.15. The minimum atomic E-state index is -1.71. The van der Waals surface area contributed by atoms with Crippen LogP contribution in [0, 0.1) is 0 Å². The third-order valence-corrected chi connectivity index (χ3v) is 2.31. The Morgan fingerprint density at radius 3 is 3.25 bits per heavy atom. The zero-order valence-corrected chi connectivity index (χ0v) is 7.97. The van der Waals surface area contributed by atoms with E-state index in [4.69, 9.17) is 9.26 Å². The van der Waals surface area contributed by atoms with Crippen molar-refractivity contribution in [1.82, 2.24) is 10.4 Å². The monoisotopic (exact) mass is 193 g/mol. The van der Waals surface area contributed by atoms with Crippen LogP contribution in [0.4, 0.5) is 0 Å². The summed E-state index contributed by atoms with van der Waals surface area (Å²) in [5.74, 6) is 0. The third kappa shape index (κ3) is 3.56. The Morgan fingerprint density at radius 1 is 1.83 bits per heavy atom. The largest absolute Gasteiger partial charge is 0.612 e. The van der Waals surface area contributed by atoms with Gasteiger partial charge in [-0.25, -0.2) is 0 Å². The molecule has 0 saturated carbocycles. The Hall–Kier alpha value is -0.0600. The lowest BCUT2D eigenvalue weighted by Gasteiger charge is -2.21. The molecule has 0 spiro atoms. The maximum Gasteiger partial charge on any atom is 0.612 e. The van der Waals surface area contributed by atoms with Crippen LogP contribution in [0.25, 0.3) is 0 Å². The molecule has 12 heavy (non-hydrogen) atoms. The topological polar surface area (TPSA) is 59.6 Å². The molecule has 6 heteroatoms. The summed E-state index contributed by atoms with van der Waals surface area (Å²) < 4.78 is 21.1. The summed E-state index contributed by atoms with van der Waals surface area (Å²) >= 11 is 0. The molecule has 1 fully saturated rings. The first kappa shape index (κ1) is 10.0. The van der Waals surface area contributed by atoms with Crippen molar-refractivity contribution in [2.75, 3.05) is 33.4 Å². The van der Waals surface area contributed by atoms with E-state index in [9.17, 15) is 4.57 Å². The second-order valence-electron chi connectivity index (χ2n) is 2.47. The fraction of sp³-hybridized carbons (Fsp3) is 1.00. The van der Waals surface area contributed by atoms with Crippen LogP contribution in [0.1, 0.15) is 0 Å². The van der Waals surface area contributed by atoms with Gasteiger partial charge in [0.05, 0.1) is 12.7 Å². The Labute approximate surface area is 72.7 Å². The van der Waals surface area contributed by atoms with Gasteiger partial charge in [-0.05, 0) is 4.57 Å². The Morgan fingerprint density at radius 2 is 2.67 bits per heavy atom. The molecule has 0 aromatic carbocycles. The van der Waals surface area contributed by atoms with E-state index in [1.54, 1.807) is 7.05 Å². The minimum absolute atomic E-state index is 0.0334. The van der Waals surface area contributed by atoms with Crippen molar-refractivity contribution in [1.29, 1.82) is 0 Å². The summed E-state index contributed by atoms with van der Waals surface area (Å²) in [5, 5.41) is 5.67. The zero-order chi connectivity index (χ0) is 8.81. The van der Waals surface area contributed by atoms with Gasteiger partial charge in [-0.2, -0.15) is 0 Å². The van der Waals surface area contributed by atoms with Crippen molar-refractivity contribution in [3.05, 3.63) is 0 Å². The first-order valence-electron chi connectivity index (χ1n) is 3.93. The van der Waals surface area contributed by atoms with Crippen LogP contribution in [-0.4, -0.2) is 39.5 Å². The van der Waals surface area contributed by atoms with E-state index in [2.05, 4.69) is 10.4 Å². The molecule has 1 saturated heterocycles. The molecular weight excluding hydrogens is 179 g/mol. The van der Waals surface area contributed by atoms with Crippen LogP contribution >= 0.6 is 8.18 Å². The van der Waals surface area contributed by atoms with Gasteiger partial charge in [0.1, 0.15) is 6.61 Å². The zero-order valence-electron chi connectivity index (χ0n) is 7.08. The van der Waals surface area contributed by atoms with Gasteiger partial charge < -0.3 is 10.1 Å². The fourth-order valence-corrected chi connectivity index (χ4v) is 1.37. The van der Waals surface area contributed by atoms with Gasteiger partial charge in [-0.1, -0.05) is 5.09 Å². The Kier molecular flexibility index (Phi) is 4.65. The van der Waals surface area contributed by atoms with Crippen LogP contribution < -0.4 is 10.4 Å². The predicted octanol–water partition coefficient (Wildman–Crippen LogP) is -0.132. The van der Waals surface area contributed by atoms with E-state index in [-0.39, 0.29) is 6.10 Å². The molecule has 0 radical (unpaired) electrons. The van der Waals surface area contributed by atoms with Crippen molar-refractivity contribution < 1.29 is 13.8 Å². The summed E-state index contributed by atoms with van der Waals surface area (Å²) in [6, 6.07) is 0. The molecular formula is C6H14N2O3P+. The highest BCUT2D eigenvalue weighted by Gasteiger charge is 2.20. The lowest BCUT2D eigenvalue weighted by molar-refractivity contribution is 0.00160. The first-order chi connectivity index (χ1) is 5.83. The predicted molar refractivity (Wildman–Crippen MR) is 45.2 cm³/mol. The van der Waals surface area contributed by atoms with E-state index in [0.717, 1.165) is 13.1 Å². The molecule has 2 atom stereocenters. The van der Waals surface area contributed by atoms with Crippen LogP contribution in [0.5, 0.6) is 0 Å². The minimum Gasteiger partial charge on any atom is -0.373 e. The second kappa shape index (κ2) is 5.56. The summed E-state index contributed by atoms with van der Waals surface area (Å²) in [6.07, 6.45) is 0.0334. The fourth-order valence-electron chi connectivity index (χ4n) is 0.942. The molecule has 5 nitrogen and oxygen atoms in total. The Bertz CT molecular complexity index is 150.